The average molecular weight is 332 g/mol. The quantitative estimate of drug-likeness (QED) is 0.790. The number of likely N-dealkylation sites (N-methyl/N-ethyl adjacent to an activating group) is 1. The van der Waals surface area contributed by atoms with Crippen molar-refractivity contribution in [1.82, 2.24) is 10.6 Å². The Bertz CT molecular complexity index is 588. The van der Waals surface area contributed by atoms with Crippen molar-refractivity contribution in [3.63, 3.8) is 0 Å². The van der Waals surface area contributed by atoms with Crippen molar-refractivity contribution in [2.75, 3.05) is 31.4 Å². The minimum atomic E-state index is -4.52. The zero-order chi connectivity index (χ0) is 17.8. The molecule has 0 saturated heterocycles. The molecular formula is C14H19F3N4O2. The van der Waals surface area contributed by atoms with Gasteiger partial charge in [-0.25, -0.2) is 4.79 Å². The van der Waals surface area contributed by atoms with Gasteiger partial charge in [0.2, 0.25) is 5.91 Å². The number of alkyl halides is 3. The maximum Gasteiger partial charge on any atom is 0.416 e. The maximum absolute atomic E-state index is 12.8. The second-order valence-electron chi connectivity index (χ2n) is 5.06. The molecule has 128 valence electrons. The fraction of sp³-hybridized carbons (Fsp3) is 0.429. The van der Waals surface area contributed by atoms with Crippen molar-refractivity contribution < 1.29 is 22.8 Å². The summed E-state index contributed by atoms with van der Waals surface area (Å²) in [6.07, 6.45) is -4.52. The molecule has 0 aliphatic rings. The molecule has 0 saturated carbocycles. The van der Waals surface area contributed by atoms with E-state index in [1.807, 2.05) is 0 Å². The first kappa shape index (κ1) is 18.6. The third kappa shape index (κ3) is 5.04. The summed E-state index contributed by atoms with van der Waals surface area (Å²) in [4.78, 5) is 24.8. The van der Waals surface area contributed by atoms with E-state index in [1.165, 1.54) is 20.0 Å². The van der Waals surface area contributed by atoms with Gasteiger partial charge in [0.15, 0.2) is 0 Å². The van der Waals surface area contributed by atoms with Crippen molar-refractivity contribution in [2.45, 2.75) is 19.1 Å². The molecule has 0 aromatic heterocycles. The lowest BCUT2D eigenvalue weighted by Crippen LogP contribution is -2.45. The molecule has 6 nitrogen and oxygen atoms in total. The number of halogens is 3. The van der Waals surface area contributed by atoms with E-state index in [9.17, 15) is 22.8 Å². The van der Waals surface area contributed by atoms with Gasteiger partial charge in [0, 0.05) is 21.1 Å². The van der Waals surface area contributed by atoms with Crippen LogP contribution in [0.3, 0.4) is 0 Å². The summed E-state index contributed by atoms with van der Waals surface area (Å²) in [5.74, 6) is -0.419. The molecule has 23 heavy (non-hydrogen) atoms. The highest BCUT2D eigenvalue weighted by Crippen LogP contribution is 2.34. The summed E-state index contributed by atoms with van der Waals surface area (Å²) < 4.78 is 38.4. The van der Waals surface area contributed by atoms with Crippen molar-refractivity contribution in [3.05, 3.63) is 23.8 Å². The minimum Gasteiger partial charge on any atom is -0.376 e. The van der Waals surface area contributed by atoms with Crippen molar-refractivity contribution in [2.24, 2.45) is 0 Å². The van der Waals surface area contributed by atoms with E-state index in [4.69, 9.17) is 0 Å². The minimum absolute atomic E-state index is 0.00793. The van der Waals surface area contributed by atoms with Crippen LogP contribution in [-0.2, 0) is 11.0 Å². The number of anilines is 2. The highest BCUT2D eigenvalue weighted by Gasteiger charge is 2.31. The zero-order valence-corrected chi connectivity index (χ0v) is 13.2. The lowest BCUT2D eigenvalue weighted by Gasteiger charge is -2.20. The smallest absolute Gasteiger partial charge is 0.376 e. The molecule has 0 aliphatic heterocycles. The number of amides is 3. The number of carbonyl (C=O) groups is 2. The Labute approximate surface area is 132 Å². The number of carbonyl (C=O) groups excluding carboxylic acids is 2. The van der Waals surface area contributed by atoms with E-state index in [-0.39, 0.29) is 5.69 Å². The van der Waals surface area contributed by atoms with E-state index >= 15 is 0 Å². The summed E-state index contributed by atoms with van der Waals surface area (Å²) in [5, 5.41) is 7.04. The van der Waals surface area contributed by atoms with Crippen molar-refractivity contribution in [3.8, 4) is 0 Å². The highest BCUT2D eigenvalue weighted by atomic mass is 19.4. The highest BCUT2D eigenvalue weighted by molar-refractivity contribution is 5.96. The number of benzene rings is 1. The molecule has 1 rings (SSSR count). The number of urea groups is 1. The van der Waals surface area contributed by atoms with Gasteiger partial charge >= 0.3 is 12.2 Å². The van der Waals surface area contributed by atoms with E-state index in [2.05, 4.69) is 16.0 Å². The third-order valence-corrected chi connectivity index (χ3v) is 3.04. The number of nitrogens with zero attached hydrogens (tertiary/aromatic N) is 1. The van der Waals surface area contributed by atoms with Crippen LogP contribution >= 0.6 is 0 Å². The second kappa shape index (κ2) is 7.21. The van der Waals surface area contributed by atoms with Crippen LogP contribution in [0.4, 0.5) is 29.3 Å². The molecule has 0 spiro atoms. The Morgan fingerprint density at radius 3 is 2.30 bits per heavy atom. The van der Waals surface area contributed by atoms with Crippen LogP contribution in [0.25, 0.3) is 0 Å². The summed E-state index contributed by atoms with van der Waals surface area (Å²) in [7, 11) is 4.69. The molecule has 0 fully saturated rings. The number of rotatable bonds is 4. The molecule has 0 bridgehead atoms. The van der Waals surface area contributed by atoms with Crippen LogP contribution in [0.15, 0.2) is 18.2 Å². The Morgan fingerprint density at radius 2 is 1.83 bits per heavy atom. The maximum atomic E-state index is 12.8. The predicted octanol–water partition coefficient (Wildman–Crippen LogP) is 2.03. The molecule has 1 aromatic rings. The van der Waals surface area contributed by atoms with Gasteiger partial charge in [-0.15, -0.1) is 0 Å². The van der Waals surface area contributed by atoms with Crippen LogP contribution < -0.4 is 20.9 Å². The van der Waals surface area contributed by atoms with Crippen LogP contribution in [0.1, 0.15) is 12.5 Å². The fourth-order valence-corrected chi connectivity index (χ4v) is 1.84. The van der Waals surface area contributed by atoms with Crippen LogP contribution in [-0.4, -0.2) is 39.1 Å². The van der Waals surface area contributed by atoms with Crippen LogP contribution in [0.2, 0.25) is 0 Å². The topological polar surface area (TPSA) is 73.5 Å². The monoisotopic (exact) mass is 332 g/mol. The lowest BCUT2D eigenvalue weighted by molar-refractivity contribution is -0.137. The molecule has 1 atom stereocenters. The lowest BCUT2D eigenvalue weighted by atomic mass is 10.1. The molecule has 3 amide bonds. The summed E-state index contributed by atoms with van der Waals surface area (Å²) in [6.45, 7) is 1.46. The first-order valence-electron chi connectivity index (χ1n) is 6.74. The Balaban J connectivity index is 3.01. The summed E-state index contributed by atoms with van der Waals surface area (Å²) in [6, 6.07) is 1.45. The van der Waals surface area contributed by atoms with Crippen molar-refractivity contribution in [1.29, 1.82) is 0 Å². The molecule has 0 aliphatic carbocycles. The predicted molar refractivity (Wildman–Crippen MR) is 81.5 cm³/mol. The SMILES string of the molecule is CNC(=O)C(C)NC(=O)Nc1cc(C(F)(F)F)ccc1N(C)C. The molecule has 0 heterocycles. The second-order valence-corrected chi connectivity index (χ2v) is 5.06. The molecule has 1 unspecified atom stereocenters. The van der Waals surface area contributed by atoms with Gasteiger partial charge in [0.1, 0.15) is 6.04 Å². The van der Waals surface area contributed by atoms with Crippen LogP contribution in [0, 0.1) is 0 Å². The van der Waals surface area contributed by atoms with Crippen LogP contribution in [0.5, 0.6) is 0 Å². The average Bonchev–Trinajstić information content (AvgIpc) is 2.44. The molecule has 9 heteroatoms. The third-order valence-electron chi connectivity index (χ3n) is 3.04. The Morgan fingerprint density at radius 1 is 1.22 bits per heavy atom. The molecule has 0 radical (unpaired) electrons. The first-order valence-corrected chi connectivity index (χ1v) is 6.74. The summed E-state index contributed by atoms with van der Waals surface area (Å²) >= 11 is 0. The zero-order valence-electron chi connectivity index (χ0n) is 13.2. The van der Waals surface area contributed by atoms with E-state index in [1.54, 1.807) is 19.0 Å². The van der Waals surface area contributed by atoms with E-state index in [0.717, 1.165) is 12.1 Å². The first-order chi connectivity index (χ1) is 10.6. The molecular weight excluding hydrogens is 313 g/mol. The van der Waals surface area contributed by atoms with Gasteiger partial charge in [0.05, 0.1) is 16.9 Å². The number of hydrogen-bond donors (Lipinski definition) is 3. The van der Waals surface area contributed by atoms with Crippen molar-refractivity contribution >= 4 is 23.3 Å². The Hall–Kier alpha value is -2.45. The standard InChI is InChI=1S/C14H19F3N4O2/c1-8(12(22)18-2)19-13(23)20-10-7-9(14(15,16)17)5-6-11(10)21(3)4/h5-8H,1-4H3,(H,18,22)(H2,19,20,23). The number of hydrogen-bond acceptors (Lipinski definition) is 3. The fourth-order valence-electron chi connectivity index (χ4n) is 1.84. The number of nitrogens with one attached hydrogen (secondary N) is 3. The van der Waals surface area contributed by atoms with Gasteiger partial charge in [0.25, 0.3) is 0 Å². The van der Waals surface area contributed by atoms with Gasteiger partial charge in [-0.2, -0.15) is 13.2 Å². The van der Waals surface area contributed by atoms with E-state index in [0.29, 0.717) is 5.69 Å². The van der Waals surface area contributed by atoms with E-state index < -0.39 is 29.7 Å². The summed E-state index contributed by atoms with van der Waals surface area (Å²) in [5.41, 5.74) is -0.482. The molecule has 1 aromatic carbocycles. The molecule has 3 N–H and O–H groups in total. The Kier molecular flexibility index (Phi) is 5.83. The van der Waals surface area contributed by atoms with Gasteiger partial charge < -0.3 is 20.9 Å². The normalized spacial score (nSPS) is 12.3. The van der Waals surface area contributed by atoms with Gasteiger partial charge in [-0.1, -0.05) is 0 Å². The van der Waals surface area contributed by atoms with Gasteiger partial charge in [-0.05, 0) is 25.1 Å². The van der Waals surface area contributed by atoms with Gasteiger partial charge in [-0.3, -0.25) is 4.79 Å². The largest absolute Gasteiger partial charge is 0.416 e.